The van der Waals surface area contributed by atoms with Crippen molar-refractivity contribution in [3.8, 4) is 0 Å². The van der Waals surface area contributed by atoms with Crippen molar-refractivity contribution in [2.75, 3.05) is 4.43 Å². The fourth-order valence-electron chi connectivity index (χ4n) is 0.846. The minimum atomic E-state index is 0.0791. The van der Waals surface area contributed by atoms with Crippen LogP contribution in [0.25, 0.3) is 0 Å². The molecule has 0 radical (unpaired) electrons. The lowest BCUT2D eigenvalue weighted by atomic mass is 9.98. The van der Waals surface area contributed by atoms with Crippen LogP contribution < -0.4 is 5.73 Å². The third kappa shape index (κ3) is 5.47. The molecule has 1 atom stereocenters. The molecule has 0 aromatic carbocycles. The average Bonchev–Trinajstić information content (AvgIpc) is 1.89. The first kappa shape index (κ1) is 10.7. The molecule has 0 spiro atoms. The smallest absolute Gasteiger partial charge is 0.0216 e. The number of hydrogen-bond acceptors (Lipinski definition) is 1. The number of halogens is 1. The molecule has 1 nitrogen and oxygen atoms in total. The molecule has 0 fully saturated rings. The van der Waals surface area contributed by atoms with Crippen LogP contribution in [0, 0.1) is 0 Å². The van der Waals surface area contributed by atoms with Gasteiger partial charge < -0.3 is 5.73 Å². The van der Waals surface area contributed by atoms with Gasteiger partial charge in [0.1, 0.15) is 0 Å². The van der Waals surface area contributed by atoms with Gasteiger partial charge in [0.05, 0.1) is 0 Å². The van der Waals surface area contributed by atoms with Crippen LogP contribution in [0.2, 0.25) is 0 Å². The van der Waals surface area contributed by atoms with E-state index in [9.17, 15) is 0 Å². The zero-order chi connectivity index (χ0) is 8.04. The number of alkyl halides is 1. The van der Waals surface area contributed by atoms with E-state index in [0.717, 1.165) is 4.43 Å². The van der Waals surface area contributed by atoms with Crippen molar-refractivity contribution in [2.24, 2.45) is 5.73 Å². The molecule has 0 saturated carbocycles. The molecule has 0 saturated heterocycles. The first-order valence-corrected chi connectivity index (χ1v) is 5.50. The monoisotopic (exact) mass is 255 g/mol. The van der Waals surface area contributed by atoms with E-state index >= 15 is 0 Å². The molecular weight excluding hydrogens is 237 g/mol. The summed E-state index contributed by atoms with van der Waals surface area (Å²) in [5.41, 5.74) is 6.03. The van der Waals surface area contributed by atoms with Crippen LogP contribution in [-0.2, 0) is 0 Å². The lowest BCUT2D eigenvalue weighted by Gasteiger charge is -2.20. The number of unbranched alkanes of at least 4 members (excludes halogenated alkanes) is 2. The number of nitrogens with two attached hydrogens (primary N) is 1. The van der Waals surface area contributed by atoms with Crippen molar-refractivity contribution in [3.05, 3.63) is 0 Å². The fraction of sp³-hybridized carbons (Fsp3) is 1.00. The molecule has 0 aliphatic heterocycles. The Morgan fingerprint density at radius 2 is 2.00 bits per heavy atom. The second kappa shape index (κ2) is 5.35. The van der Waals surface area contributed by atoms with Crippen LogP contribution in [0.3, 0.4) is 0 Å². The Morgan fingerprint density at radius 1 is 1.40 bits per heavy atom. The molecular formula is C8H18IN. The topological polar surface area (TPSA) is 26.0 Å². The SMILES string of the molecule is CCCCCC(C)(N)CI. The van der Waals surface area contributed by atoms with Gasteiger partial charge in [0.25, 0.3) is 0 Å². The standard InChI is InChI=1S/C8H18IN/c1-3-4-5-6-8(2,10)7-9/h3-7,10H2,1-2H3. The third-order valence-electron chi connectivity index (χ3n) is 1.66. The Morgan fingerprint density at radius 3 is 2.40 bits per heavy atom. The highest BCUT2D eigenvalue weighted by Crippen LogP contribution is 2.13. The normalized spacial score (nSPS) is 16.8. The molecule has 0 aliphatic carbocycles. The number of hydrogen-bond donors (Lipinski definition) is 1. The highest BCUT2D eigenvalue weighted by molar-refractivity contribution is 14.1. The Hall–Kier alpha value is 0.690. The summed E-state index contributed by atoms with van der Waals surface area (Å²) in [6.45, 7) is 4.35. The molecule has 0 rings (SSSR count). The van der Waals surface area contributed by atoms with E-state index in [1.807, 2.05) is 0 Å². The minimum absolute atomic E-state index is 0.0791. The van der Waals surface area contributed by atoms with Gasteiger partial charge in [0, 0.05) is 9.97 Å². The third-order valence-corrected chi connectivity index (χ3v) is 3.40. The van der Waals surface area contributed by atoms with Gasteiger partial charge in [-0.3, -0.25) is 0 Å². The molecule has 0 aromatic rings. The van der Waals surface area contributed by atoms with Gasteiger partial charge >= 0.3 is 0 Å². The van der Waals surface area contributed by atoms with Gasteiger partial charge in [-0.25, -0.2) is 0 Å². The Balaban J connectivity index is 3.28. The van der Waals surface area contributed by atoms with Crippen LogP contribution in [-0.4, -0.2) is 9.97 Å². The van der Waals surface area contributed by atoms with E-state index in [1.165, 1.54) is 25.7 Å². The molecule has 0 aromatic heterocycles. The van der Waals surface area contributed by atoms with E-state index in [-0.39, 0.29) is 5.54 Å². The molecule has 0 aliphatic rings. The highest BCUT2D eigenvalue weighted by atomic mass is 127. The zero-order valence-electron chi connectivity index (χ0n) is 6.99. The Kier molecular flexibility index (Phi) is 5.72. The predicted octanol–water partition coefficient (Wildman–Crippen LogP) is 2.72. The zero-order valence-corrected chi connectivity index (χ0v) is 9.15. The summed E-state index contributed by atoms with van der Waals surface area (Å²) >= 11 is 2.36. The van der Waals surface area contributed by atoms with Crippen molar-refractivity contribution in [2.45, 2.75) is 45.1 Å². The summed E-state index contributed by atoms with van der Waals surface area (Å²) in [5.74, 6) is 0. The first-order valence-electron chi connectivity index (χ1n) is 3.97. The maximum Gasteiger partial charge on any atom is 0.0216 e. The molecule has 0 bridgehead atoms. The maximum absolute atomic E-state index is 5.95. The van der Waals surface area contributed by atoms with Crippen LogP contribution in [0.4, 0.5) is 0 Å². The lowest BCUT2D eigenvalue weighted by Crippen LogP contribution is -2.37. The molecule has 62 valence electrons. The van der Waals surface area contributed by atoms with E-state index in [4.69, 9.17) is 5.73 Å². The van der Waals surface area contributed by atoms with Crippen LogP contribution in [0.15, 0.2) is 0 Å². The average molecular weight is 255 g/mol. The van der Waals surface area contributed by atoms with Gasteiger partial charge in [0.15, 0.2) is 0 Å². The molecule has 0 heterocycles. The van der Waals surface area contributed by atoms with Crippen molar-refractivity contribution in [1.82, 2.24) is 0 Å². The summed E-state index contributed by atoms with van der Waals surface area (Å²) in [6, 6.07) is 0. The lowest BCUT2D eigenvalue weighted by molar-refractivity contribution is 0.462. The van der Waals surface area contributed by atoms with Gasteiger partial charge in [-0.15, -0.1) is 0 Å². The Bertz CT molecular complexity index is 81.3. The largest absolute Gasteiger partial charge is 0.325 e. The quantitative estimate of drug-likeness (QED) is 0.456. The number of rotatable bonds is 5. The first-order chi connectivity index (χ1) is 4.62. The van der Waals surface area contributed by atoms with Crippen LogP contribution in [0.5, 0.6) is 0 Å². The fourth-order valence-corrected chi connectivity index (χ4v) is 1.23. The van der Waals surface area contributed by atoms with Crippen molar-refractivity contribution >= 4 is 22.6 Å². The van der Waals surface area contributed by atoms with Gasteiger partial charge in [-0.2, -0.15) is 0 Å². The molecule has 2 N–H and O–H groups in total. The van der Waals surface area contributed by atoms with E-state index in [2.05, 4.69) is 36.4 Å². The molecule has 2 heteroatoms. The summed E-state index contributed by atoms with van der Waals surface area (Å²) < 4.78 is 1.06. The highest BCUT2D eigenvalue weighted by Gasteiger charge is 2.14. The van der Waals surface area contributed by atoms with E-state index in [0.29, 0.717) is 0 Å². The van der Waals surface area contributed by atoms with Crippen molar-refractivity contribution in [3.63, 3.8) is 0 Å². The van der Waals surface area contributed by atoms with Crippen LogP contribution >= 0.6 is 22.6 Å². The summed E-state index contributed by atoms with van der Waals surface area (Å²) in [4.78, 5) is 0. The van der Waals surface area contributed by atoms with E-state index < -0.39 is 0 Å². The van der Waals surface area contributed by atoms with E-state index in [1.54, 1.807) is 0 Å². The van der Waals surface area contributed by atoms with Gasteiger partial charge in [-0.1, -0.05) is 48.8 Å². The molecule has 1 unspecified atom stereocenters. The van der Waals surface area contributed by atoms with Crippen LogP contribution in [0.1, 0.15) is 39.5 Å². The van der Waals surface area contributed by atoms with Crippen molar-refractivity contribution in [1.29, 1.82) is 0 Å². The summed E-state index contributed by atoms with van der Waals surface area (Å²) in [5, 5.41) is 0. The second-order valence-corrected chi connectivity index (χ2v) is 4.01. The van der Waals surface area contributed by atoms with Gasteiger partial charge in [0.2, 0.25) is 0 Å². The van der Waals surface area contributed by atoms with Crippen molar-refractivity contribution < 1.29 is 0 Å². The van der Waals surface area contributed by atoms with Gasteiger partial charge in [-0.05, 0) is 13.3 Å². The maximum atomic E-state index is 5.95. The second-order valence-electron chi connectivity index (χ2n) is 3.24. The Labute approximate surface area is 77.9 Å². The summed E-state index contributed by atoms with van der Waals surface area (Å²) in [6.07, 6.45) is 5.07. The minimum Gasteiger partial charge on any atom is -0.325 e. The molecule has 0 amide bonds. The predicted molar refractivity (Wildman–Crippen MR) is 55.6 cm³/mol. The molecule has 10 heavy (non-hydrogen) atoms. The summed E-state index contributed by atoms with van der Waals surface area (Å²) in [7, 11) is 0.